The van der Waals surface area contributed by atoms with E-state index < -0.39 is 0 Å². The van der Waals surface area contributed by atoms with Crippen molar-refractivity contribution in [3.63, 3.8) is 0 Å². The molecule has 2 nitrogen and oxygen atoms in total. The SMILES string of the molecule is C=C1C=C(C)N(C)C(=C)N1c1ccc(C)cc1C. The Labute approximate surface area is 110 Å². The Hall–Kier alpha value is -1.96. The Morgan fingerprint density at radius 2 is 1.72 bits per heavy atom. The average molecular weight is 240 g/mol. The zero-order valence-electron chi connectivity index (χ0n) is 11.6. The molecule has 0 spiro atoms. The van der Waals surface area contributed by atoms with E-state index in [1.54, 1.807) is 0 Å². The zero-order chi connectivity index (χ0) is 13.4. The predicted molar refractivity (Wildman–Crippen MR) is 78.2 cm³/mol. The van der Waals surface area contributed by atoms with E-state index in [0.717, 1.165) is 22.9 Å². The maximum absolute atomic E-state index is 4.17. The molecule has 0 unspecified atom stereocenters. The summed E-state index contributed by atoms with van der Waals surface area (Å²) in [6.07, 6.45) is 2.08. The Morgan fingerprint density at radius 3 is 2.33 bits per heavy atom. The molecule has 1 aliphatic heterocycles. The molecule has 18 heavy (non-hydrogen) atoms. The molecule has 0 saturated heterocycles. The molecular weight excluding hydrogens is 220 g/mol. The van der Waals surface area contributed by atoms with Crippen LogP contribution in [0, 0.1) is 13.8 Å². The van der Waals surface area contributed by atoms with Gasteiger partial charge in [0.05, 0.1) is 5.69 Å². The van der Waals surface area contributed by atoms with Gasteiger partial charge in [-0.3, -0.25) is 4.90 Å². The van der Waals surface area contributed by atoms with Crippen LogP contribution >= 0.6 is 0 Å². The van der Waals surface area contributed by atoms with Crippen LogP contribution in [0.1, 0.15) is 18.1 Å². The minimum Gasteiger partial charge on any atom is -0.335 e. The molecule has 0 bridgehead atoms. The van der Waals surface area contributed by atoms with Crippen molar-refractivity contribution in [2.45, 2.75) is 20.8 Å². The van der Waals surface area contributed by atoms with Crippen molar-refractivity contribution in [3.05, 3.63) is 65.8 Å². The van der Waals surface area contributed by atoms with Gasteiger partial charge in [-0.25, -0.2) is 0 Å². The number of allylic oxidation sites excluding steroid dienone is 2. The molecule has 1 aliphatic rings. The van der Waals surface area contributed by atoms with Crippen molar-refractivity contribution in [2.24, 2.45) is 0 Å². The lowest BCUT2D eigenvalue weighted by Gasteiger charge is -2.38. The third-order valence-electron chi connectivity index (χ3n) is 3.43. The second-order valence-corrected chi connectivity index (χ2v) is 4.88. The normalized spacial score (nSPS) is 16.1. The van der Waals surface area contributed by atoms with Crippen LogP contribution < -0.4 is 4.90 Å². The second-order valence-electron chi connectivity index (χ2n) is 4.88. The van der Waals surface area contributed by atoms with Crippen LogP contribution in [0.25, 0.3) is 0 Å². The molecule has 0 fully saturated rings. The van der Waals surface area contributed by atoms with Gasteiger partial charge in [0.25, 0.3) is 0 Å². The molecule has 2 heteroatoms. The van der Waals surface area contributed by atoms with Gasteiger partial charge in [-0.05, 0) is 38.5 Å². The number of aryl methyl sites for hydroxylation is 2. The van der Waals surface area contributed by atoms with Gasteiger partial charge in [0.1, 0.15) is 5.82 Å². The van der Waals surface area contributed by atoms with E-state index in [0.29, 0.717) is 0 Å². The highest BCUT2D eigenvalue weighted by atomic mass is 15.3. The van der Waals surface area contributed by atoms with Crippen LogP contribution in [0.2, 0.25) is 0 Å². The molecule has 2 rings (SSSR count). The molecule has 0 saturated carbocycles. The maximum Gasteiger partial charge on any atom is 0.110 e. The molecule has 0 atom stereocenters. The topological polar surface area (TPSA) is 6.48 Å². The van der Waals surface area contributed by atoms with Gasteiger partial charge in [0.2, 0.25) is 0 Å². The van der Waals surface area contributed by atoms with E-state index in [2.05, 4.69) is 68.0 Å². The summed E-state index contributed by atoms with van der Waals surface area (Å²) >= 11 is 0. The van der Waals surface area contributed by atoms with Crippen molar-refractivity contribution in [2.75, 3.05) is 11.9 Å². The number of benzene rings is 1. The summed E-state index contributed by atoms with van der Waals surface area (Å²) in [6.45, 7) is 14.6. The maximum atomic E-state index is 4.17. The number of hydrogen-bond donors (Lipinski definition) is 0. The first kappa shape index (κ1) is 12.5. The molecular formula is C16H20N2. The predicted octanol–water partition coefficient (Wildman–Crippen LogP) is 3.94. The minimum atomic E-state index is 0.937. The fraction of sp³-hybridized carbons (Fsp3) is 0.250. The first-order valence-electron chi connectivity index (χ1n) is 6.09. The first-order valence-corrected chi connectivity index (χ1v) is 6.09. The van der Waals surface area contributed by atoms with E-state index in [1.807, 2.05) is 7.05 Å². The smallest absolute Gasteiger partial charge is 0.110 e. The van der Waals surface area contributed by atoms with Crippen molar-refractivity contribution >= 4 is 5.69 Å². The lowest BCUT2D eigenvalue weighted by molar-refractivity contribution is 0.495. The molecule has 1 aromatic carbocycles. The number of nitrogens with zero attached hydrogens (tertiary/aromatic N) is 2. The number of rotatable bonds is 1. The highest BCUT2D eigenvalue weighted by molar-refractivity contribution is 5.65. The molecule has 0 amide bonds. The lowest BCUT2D eigenvalue weighted by Crippen LogP contribution is -2.34. The van der Waals surface area contributed by atoms with Crippen molar-refractivity contribution < 1.29 is 0 Å². The second kappa shape index (κ2) is 4.37. The third kappa shape index (κ3) is 1.94. The Bertz CT molecular complexity index is 552. The molecule has 1 aromatic rings. The summed E-state index contributed by atoms with van der Waals surface area (Å²) < 4.78 is 0. The first-order chi connectivity index (χ1) is 8.41. The van der Waals surface area contributed by atoms with Gasteiger partial charge in [0.15, 0.2) is 0 Å². The Kier molecular flexibility index (Phi) is 3.04. The quantitative estimate of drug-likeness (QED) is 0.733. The van der Waals surface area contributed by atoms with E-state index in [-0.39, 0.29) is 0 Å². The van der Waals surface area contributed by atoms with Gasteiger partial charge >= 0.3 is 0 Å². The van der Waals surface area contributed by atoms with Crippen LogP contribution in [0.3, 0.4) is 0 Å². The summed E-state index contributed by atoms with van der Waals surface area (Å²) in [6, 6.07) is 6.43. The van der Waals surface area contributed by atoms with Crippen molar-refractivity contribution in [1.29, 1.82) is 0 Å². The van der Waals surface area contributed by atoms with Crippen LogP contribution in [-0.2, 0) is 0 Å². The van der Waals surface area contributed by atoms with Crippen molar-refractivity contribution in [3.8, 4) is 0 Å². The highest BCUT2D eigenvalue weighted by Gasteiger charge is 2.22. The van der Waals surface area contributed by atoms with Crippen LogP contribution in [-0.4, -0.2) is 11.9 Å². The minimum absolute atomic E-state index is 0.937. The summed E-state index contributed by atoms with van der Waals surface area (Å²) in [7, 11) is 2.02. The average Bonchev–Trinajstić information content (AvgIpc) is 2.29. The van der Waals surface area contributed by atoms with Gasteiger partial charge < -0.3 is 4.90 Å². The van der Waals surface area contributed by atoms with Gasteiger partial charge in [-0.1, -0.05) is 30.9 Å². The zero-order valence-corrected chi connectivity index (χ0v) is 11.6. The standard InChI is InChI=1S/C16H20N2/c1-11-7-8-16(12(2)9-11)18-14(4)10-13(3)17(6)15(18)5/h7-10H,4-5H2,1-3,6H3. The third-order valence-corrected chi connectivity index (χ3v) is 3.43. The monoisotopic (exact) mass is 240 g/mol. The number of anilines is 1. The summed E-state index contributed by atoms with van der Waals surface area (Å²) in [5.74, 6) is 0.937. The van der Waals surface area contributed by atoms with E-state index >= 15 is 0 Å². The fourth-order valence-electron chi connectivity index (χ4n) is 2.27. The fourth-order valence-corrected chi connectivity index (χ4v) is 2.27. The van der Waals surface area contributed by atoms with Crippen LogP contribution in [0.5, 0.6) is 0 Å². The molecule has 0 radical (unpaired) electrons. The number of hydrogen-bond acceptors (Lipinski definition) is 2. The van der Waals surface area contributed by atoms with Crippen molar-refractivity contribution in [1.82, 2.24) is 4.90 Å². The highest BCUT2D eigenvalue weighted by Crippen LogP contribution is 2.33. The molecule has 1 heterocycles. The van der Waals surface area contributed by atoms with E-state index in [9.17, 15) is 0 Å². The summed E-state index contributed by atoms with van der Waals surface area (Å²) in [5, 5.41) is 0. The van der Waals surface area contributed by atoms with Crippen LogP contribution in [0.15, 0.2) is 54.6 Å². The van der Waals surface area contributed by atoms with Gasteiger partial charge in [-0.2, -0.15) is 0 Å². The van der Waals surface area contributed by atoms with Gasteiger partial charge in [0, 0.05) is 18.4 Å². The Morgan fingerprint density at radius 1 is 1.06 bits per heavy atom. The largest absolute Gasteiger partial charge is 0.335 e. The summed E-state index contributed by atoms with van der Waals surface area (Å²) in [5.41, 5.74) is 5.77. The Balaban J connectivity index is 2.51. The summed E-state index contributed by atoms with van der Waals surface area (Å²) in [4.78, 5) is 4.18. The van der Waals surface area contributed by atoms with Gasteiger partial charge in [-0.15, -0.1) is 0 Å². The van der Waals surface area contributed by atoms with Crippen LogP contribution in [0.4, 0.5) is 5.69 Å². The molecule has 0 aromatic heterocycles. The molecule has 0 aliphatic carbocycles. The van der Waals surface area contributed by atoms with E-state index in [1.165, 1.54) is 11.1 Å². The molecule has 94 valence electrons. The lowest BCUT2D eigenvalue weighted by atomic mass is 10.1. The van der Waals surface area contributed by atoms with E-state index in [4.69, 9.17) is 0 Å². The molecule has 0 N–H and O–H groups in total.